The summed E-state index contributed by atoms with van der Waals surface area (Å²) >= 11 is 0. The molecule has 0 bridgehead atoms. The van der Waals surface area contributed by atoms with Crippen LogP contribution in [-0.4, -0.2) is 24.3 Å². The zero-order valence-electron chi connectivity index (χ0n) is 20.5. The van der Waals surface area contributed by atoms with E-state index in [1.807, 2.05) is 48.6 Å². The number of hydrogen-bond donors (Lipinski definition) is 0. The Morgan fingerprint density at radius 2 is 1.64 bits per heavy atom. The molecule has 0 unspecified atom stereocenters. The SMILES string of the molecule is CCCCCCCC[C@@H](/C=C/C=C/c1cccc([C@H](CCCC=O)OC(C)=O)c1)OC(C)=O. The summed E-state index contributed by atoms with van der Waals surface area (Å²) in [5.41, 5.74) is 1.88. The Morgan fingerprint density at radius 3 is 2.33 bits per heavy atom. The molecule has 0 radical (unpaired) electrons. The van der Waals surface area contributed by atoms with Crippen LogP contribution < -0.4 is 0 Å². The Labute approximate surface area is 199 Å². The zero-order chi connectivity index (χ0) is 24.3. The number of benzene rings is 1. The highest BCUT2D eigenvalue weighted by atomic mass is 16.5. The van der Waals surface area contributed by atoms with Gasteiger partial charge in [-0.2, -0.15) is 0 Å². The molecule has 0 saturated carbocycles. The molecule has 0 saturated heterocycles. The fourth-order valence-electron chi connectivity index (χ4n) is 3.63. The maximum atomic E-state index is 11.5. The highest BCUT2D eigenvalue weighted by molar-refractivity contribution is 5.66. The molecule has 33 heavy (non-hydrogen) atoms. The average Bonchev–Trinajstić information content (AvgIpc) is 2.78. The van der Waals surface area contributed by atoms with Gasteiger partial charge in [0.25, 0.3) is 0 Å². The molecule has 0 aliphatic rings. The quantitative estimate of drug-likeness (QED) is 0.110. The van der Waals surface area contributed by atoms with Crippen LogP contribution in [0.15, 0.2) is 42.5 Å². The van der Waals surface area contributed by atoms with Crippen molar-refractivity contribution in [3.05, 3.63) is 53.6 Å². The maximum absolute atomic E-state index is 11.5. The first-order valence-corrected chi connectivity index (χ1v) is 12.2. The van der Waals surface area contributed by atoms with E-state index in [1.54, 1.807) is 0 Å². The molecule has 0 fully saturated rings. The molecule has 1 aromatic rings. The number of rotatable bonds is 17. The lowest BCUT2D eigenvalue weighted by atomic mass is 10.0. The van der Waals surface area contributed by atoms with Crippen molar-refractivity contribution in [2.45, 2.75) is 97.2 Å². The van der Waals surface area contributed by atoms with Crippen molar-refractivity contribution in [1.29, 1.82) is 0 Å². The Bertz CT molecular complexity index is 765. The van der Waals surface area contributed by atoms with Crippen LogP contribution in [0.4, 0.5) is 0 Å². The first kappa shape index (κ1) is 28.3. The van der Waals surface area contributed by atoms with E-state index in [9.17, 15) is 14.4 Å². The van der Waals surface area contributed by atoms with Gasteiger partial charge in [0.1, 0.15) is 18.5 Å². The number of aldehydes is 1. The van der Waals surface area contributed by atoms with Gasteiger partial charge in [-0.1, -0.05) is 75.5 Å². The van der Waals surface area contributed by atoms with Crippen molar-refractivity contribution in [3.63, 3.8) is 0 Å². The van der Waals surface area contributed by atoms with Gasteiger partial charge in [-0.3, -0.25) is 9.59 Å². The lowest BCUT2D eigenvalue weighted by Gasteiger charge is -2.17. The molecule has 0 amide bonds. The molecule has 2 atom stereocenters. The van der Waals surface area contributed by atoms with E-state index in [4.69, 9.17) is 9.47 Å². The highest BCUT2D eigenvalue weighted by Gasteiger charge is 2.14. The summed E-state index contributed by atoms with van der Waals surface area (Å²) in [5, 5.41) is 0. The van der Waals surface area contributed by atoms with Gasteiger partial charge < -0.3 is 14.3 Å². The van der Waals surface area contributed by atoms with Gasteiger partial charge in [0.15, 0.2) is 0 Å². The van der Waals surface area contributed by atoms with Crippen LogP contribution in [0.2, 0.25) is 0 Å². The molecular formula is C28H40O5. The minimum Gasteiger partial charge on any atom is -0.458 e. The monoisotopic (exact) mass is 456 g/mol. The van der Waals surface area contributed by atoms with E-state index < -0.39 is 0 Å². The van der Waals surface area contributed by atoms with Crippen LogP contribution in [0.5, 0.6) is 0 Å². The fraction of sp³-hybridized carbons (Fsp3) is 0.536. The van der Waals surface area contributed by atoms with E-state index in [0.29, 0.717) is 19.3 Å². The van der Waals surface area contributed by atoms with Gasteiger partial charge in [-0.25, -0.2) is 0 Å². The fourth-order valence-corrected chi connectivity index (χ4v) is 3.63. The Balaban J connectivity index is 2.70. The molecule has 5 heteroatoms. The Kier molecular flexibility index (Phi) is 15.3. The molecular weight excluding hydrogens is 416 g/mol. The van der Waals surface area contributed by atoms with Crippen molar-refractivity contribution in [3.8, 4) is 0 Å². The summed E-state index contributed by atoms with van der Waals surface area (Å²) in [5.74, 6) is -0.602. The van der Waals surface area contributed by atoms with E-state index >= 15 is 0 Å². The minimum atomic E-state index is -0.364. The summed E-state index contributed by atoms with van der Waals surface area (Å²) < 4.78 is 10.9. The maximum Gasteiger partial charge on any atom is 0.303 e. The van der Waals surface area contributed by atoms with Gasteiger partial charge in [-0.15, -0.1) is 0 Å². The Hall–Kier alpha value is -2.69. The van der Waals surface area contributed by atoms with Crippen molar-refractivity contribution < 1.29 is 23.9 Å². The molecule has 0 N–H and O–H groups in total. The third-order valence-corrected chi connectivity index (χ3v) is 5.26. The number of carbonyl (C=O) groups is 3. The molecule has 182 valence electrons. The van der Waals surface area contributed by atoms with Gasteiger partial charge in [0.05, 0.1) is 0 Å². The first-order valence-electron chi connectivity index (χ1n) is 12.2. The third-order valence-electron chi connectivity index (χ3n) is 5.26. The lowest BCUT2D eigenvalue weighted by Crippen LogP contribution is -2.13. The molecule has 5 nitrogen and oxygen atoms in total. The van der Waals surface area contributed by atoms with E-state index in [1.165, 1.54) is 39.5 Å². The second-order valence-corrected chi connectivity index (χ2v) is 8.31. The van der Waals surface area contributed by atoms with Gasteiger partial charge >= 0.3 is 11.9 Å². The highest BCUT2D eigenvalue weighted by Crippen LogP contribution is 2.25. The van der Waals surface area contributed by atoms with Gasteiger partial charge in [-0.05, 0) is 49.0 Å². The van der Waals surface area contributed by atoms with Gasteiger partial charge in [0, 0.05) is 20.3 Å². The summed E-state index contributed by atoms with van der Waals surface area (Å²) in [6.45, 7) is 5.05. The summed E-state index contributed by atoms with van der Waals surface area (Å²) in [4.78, 5) is 33.5. The van der Waals surface area contributed by atoms with Crippen molar-refractivity contribution in [2.75, 3.05) is 0 Å². The number of allylic oxidation sites excluding steroid dienone is 2. The molecule has 1 aromatic carbocycles. The molecule has 1 rings (SSSR count). The smallest absolute Gasteiger partial charge is 0.303 e. The number of carbonyl (C=O) groups excluding carboxylic acids is 3. The van der Waals surface area contributed by atoms with Crippen LogP contribution in [-0.2, 0) is 23.9 Å². The minimum absolute atomic E-state index is 0.212. The second-order valence-electron chi connectivity index (χ2n) is 8.31. The summed E-state index contributed by atoms with van der Waals surface area (Å²) in [6.07, 6.45) is 17.8. The van der Waals surface area contributed by atoms with Crippen LogP contribution in [0.25, 0.3) is 6.08 Å². The Morgan fingerprint density at radius 1 is 0.909 bits per heavy atom. The standard InChI is InChI=1S/C28H40O5/c1-4-5-6-7-8-9-18-27(32-23(2)30)19-11-10-15-25-16-14-17-26(22-25)28(33-24(3)31)20-12-13-21-29/h10-11,14-17,19,21-22,27-28H,4-9,12-13,18,20H2,1-3H3/b15-10+,19-11+/t27-,28-/m0/s1. The van der Waals surface area contributed by atoms with E-state index in [0.717, 1.165) is 36.7 Å². The topological polar surface area (TPSA) is 69.7 Å². The molecule has 0 heterocycles. The number of ether oxygens (including phenoxy) is 2. The summed E-state index contributed by atoms with van der Waals surface area (Å²) in [7, 11) is 0. The van der Waals surface area contributed by atoms with Crippen molar-refractivity contribution in [2.24, 2.45) is 0 Å². The molecule has 0 aliphatic heterocycles. The second kappa shape index (κ2) is 17.8. The van der Waals surface area contributed by atoms with Crippen LogP contribution in [0.1, 0.15) is 102 Å². The van der Waals surface area contributed by atoms with Crippen molar-refractivity contribution >= 4 is 24.3 Å². The van der Waals surface area contributed by atoms with Crippen LogP contribution >= 0.6 is 0 Å². The van der Waals surface area contributed by atoms with Crippen molar-refractivity contribution in [1.82, 2.24) is 0 Å². The van der Waals surface area contributed by atoms with E-state index in [-0.39, 0.29) is 24.1 Å². The summed E-state index contributed by atoms with van der Waals surface area (Å²) in [6, 6.07) is 7.82. The van der Waals surface area contributed by atoms with Crippen LogP contribution in [0.3, 0.4) is 0 Å². The first-order chi connectivity index (χ1) is 16.0. The predicted molar refractivity (Wildman–Crippen MR) is 133 cm³/mol. The number of unbranched alkanes of at least 4 members (excludes halogenated alkanes) is 6. The largest absolute Gasteiger partial charge is 0.458 e. The molecule has 0 aromatic heterocycles. The zero-order valence-corrected chi connectivity index (χ0v) is 20.5. The number of hydrogen-bond acceptors (Lipinski definition) is 5. The number of esters is 2. The predicted octanol–water partition coefficient (Wildman–Crippen LogP) is 6.91. The van der Waals surface area contributed by atoms with Gasteiger partial charge in [0.2, 0.25) is 0 Å². The normalized spacial score (nSPS) is 13.2. The van der Waals surface area contributed by atoms with E-state index in [2.05, 4.69) is 6.92 Å². The molecule has 0 spiro atoms. The average molecular weight is 457 g/mol. The lowest BCUT2D eigenvalue weighted by molar-refractivity contribution is -0.147. The molecule has 0 aliphatic carbocycles. The third kappa shape index (κ3) is 14.1. The van der Waals surface area contributed by atoms with Crippen LogP contribution in [0, 0.1) is 0 Å².